The Hall–Kier alpha value is -2.70. The summed E-state index contributed by atoms with van der Waals surface area (Å²) in [6.45, 7) is 0. The van der Waals surface area contributed by atoms with Crippen LogP contribution < -0.4 is 11.5 Å². The van der Waals surface area contributed by atoms with Gasteiger partial charge < -0.3 is 16.6 Å². The molecule has 2 rings (SSSR count). The number of hydrogen-bond donors (Lipinski definition) is 3. The van der Waals surface area contributed by atoms with Gasteiger partial charge >= 0.3 is 5.97 Å². The SMILES string of the molecule is Nc1nc(N)c(-c2ccccc2F)nc1C(=O)O. The molecule has 0 aliphatic heterocycles. The molecule has 0 bridgehead atoms. The van der Waals surface area contributed by atoms with E-state index in [4.69, 9.17) is 16.6 Å². The number of aromatic nitrogens is 2. The first kappa shape index (κ1) is 11.8. The summed E-state index contributed by atoms with van der Waals surface area (Å²) in [6.07, 6.45) is 0. The van der Waals surface area contributed by atoms with E-state index in [1.165, 1.54) is 18.2 Å². The average Bonchev–Trinajstić information content (AvgIpc) is 2.30. The summed E-state index contributed by atoms with van der Waals surface area (Å²) in [6, 6.07) is 5.72. The molecule has 0 amide bonds. The van der Waals surface area contributed by atoms with Crippen molar-refractivity contribution >= 4 is 17.6 Å². The van der Waals surface area contributed by atoms with Crippen LogP contribution in [-0.2, 0) is 0 Å². The molecule has 92 valence electrons. The second kappa shape index (κ2) is 4.28. The summed E-state index contributed by atoms with van der Waals surface area (Å²) < 4.78 is 13.6. The van der Waals surface area contributed by atoms with Crippen molar-refractivity contribution in [1.29, 1.82) is 0 Å². The van der Waals surface area contributed by atoms with Gasteiger partial charge in [0.15, 0.2) is 17.3 Å². The van der Waals surface area contributed by atoms with Crippen LogP contribution in [0.15, 0.2) is 24.3 Å². The van der Waals surface area contributed by atoms with Crippen LogP contribution in [0.4, 0.5) is 16.0 Å². The Bertz CT molecular complexity index is 630. The Balaban J connectivity index is 2.69. The van der Waals surface area contributed by atoms with Gasteiger partial charge in [-0.1, -0.05) is 12.1 Å². The molecular formula is C11H9FN4O2. The second-order valence-electron chi connectivity index (χ2n) is 3.48. The molecule has 0 saturated heterocycles. The predicted octanol–water partition coefficient (Wildman–Crippen LogP) is 1.15. The fourth-order valence-corrected chi connectivity index (χ4v) is 1.47. The number of nitrogen functional groups attached to an aromatic ring is 2. The van der Waals surface area contributed by atoms with Crippen molar-refractivity contribution in [2.24, 2.45) is 0 Å². The topological polar surface area (TPSA) is 115 Å². The van der Waals surface area contributed by atoms with Gasteiger partial charge in [-0.3, -0.25) is 0 Å². The van der Waals surface area contributed by atoms with E-state index in [2.05, 4.69) is 9.97 Å². The van der Waals surface area contributed by atoms with Crippen LogP contribution in [-0.4, -0.2) is 21.0 Å². The maximum Gasteiger partial charge on any atom is 0.358 e. The summed E-state index contributed by atoms with van der Waals surface area (Å²) in [5.41, 5.74) is 10.5. The Kier molecular flexibility index (Phi) is 2.80. The number of rotatable bonds is 2. The molecule has 1 aromatic heterocycles. The summed E-state index contributed by atoms with van der Waals surface area (Å²) in [7, 11) is 0. The highest BCUT2D eigenvalue weighted by Gasteiger charge is 2.18. The van der Waals surface area contributed by atoms with Crippen LogP contribution in [0.3, 0.4) is 0 Å². The van der Waals surface area contributed by atoms with Crippen LogP contribution in [0.5, 0.6) is 0 Å². The van der Waals surface area contributed by atoms with Crippen LogP contribution in [0.25, 0.3) is 11.3 Å². The van der Waals surface area contributed by atoms with Gasteiger partial charge in [0.1, 0.15) is 11.5 Å². The van der Waals surface area contributed by atoms with E-state index < -0.39 is 17.5 Å². The Morgan fingerprint density at radius 2 is 1.83 bits per heavy atom. The van der Waals surface area contributed by atoms with E-state index in [1.807, 2.05) is 0 Å². The molecule has 1 aromatic carbocycles. The van der Waals surface area contributed by atoms with Crippen molar-refractivity contribution < 1.29 is 14.3 Å². The fourth-order valence-electron chi connectivity index (χ4n) is 1.47. The molecule has 0 spiro atoms. The highest BCUT2D eigenvalue weighted by molar-refractivity contribution is 5.92. The third kappa shape index (κ3) is 1.93. The molecule has 2 aromatic rings. The van der Waals surface area contributed by atoms with Crippen molar-refractivity contribution in [3.05, 3.63) is 35.8 Å². The van der Waals surface area contributed by atoms with Crippen molar-refractivity contribution in [2.75, 3.05) is 11.5 Å². The standard InChI is InChI=1S/C11H9FN4O2/c12-6-4-2-1-3-5(6)7-9(13)16-10(14)8(15-7)11(17)18/h1-4H,(H,17,18)(H4,13,14,16). The monoisotopic (exact) mass is 248 g/mol. The van der Waals surface area contributed by atoms with E-state index in [0.29, 0.717) is 0 Å². The van der Waals surface area contributed by atoms with Crippen LogP contribution in [0, 0.1) is 5.82 Å². The second-order valence-corrected chi connectivity index (χ2v) is 3.48. The highest BCUT2D eigenvalue weighted by Crippen LogP contribution is 2.26. The largest absolute Gasteiger partial charge is 0.476 e. The maximum absolute atomic E-state index is 13.6. The number of carbonyl (C=O) groups is 1. The first-order valence-electron chi connectivity index (χ1n) is 4.92. The van der Waals surface area contributed by atoms with Gasteiger partial charge in [0.2, 0.25) is 0 Å². The number of anilines is 2. The Labute approximate surface area is 101 Å². The molecule has 0 aliphatic carbocycles. The van der Waals surface area contributed by atoms with Gasteiger partial charge in [-0.2, -0.15) is 0 Å². The molecule has 0 atom stereocenters. The molecule has 5 N–H and O–H groups in total. The third-order valence-corrected chi connectivity index (χ3v) is 2.28. The fraction of sp³-hybridized carbons (Fsp3) is 0. The van der Waals surface area contributed by atoms with Crippen molar-refractivity contribution in [2.45, 2.75) is 0 Å². The predicted molar refractivity (Wildman–Crippen MR) is 63.2 cm³/mol. The molecule has 18 heavy (non-hydrogen) atoms. The molecule has 0 aliphatic rings. The minimum atomic E-state index is -1.35. The summed E-state index contributed by atoms with van der Waals surface area (Å²) in [4.78, 5) is 18.3. The van der Waals surface area contributed by atoms with Gasteiger partial charge in [-0.15, -0.1) is 0 Å². The van der Waals surface area contributed by atoms with Gasteiger partial charge in [-0.25, -0.2) is 19.2 Å². The minimum absolute atomic E-state index is 0.0419. The first-order chi connectivity index (χ1) is 8.50. The van der Waals surface area contributed by atoms with Gasteiger partial charge in [0, 0.05) is 5.56 Å². The smallest absolute Gasteiger partial charge is 0.358 e. The number of carboxylic acid groups (broad SMARTS) is 1. The van der Waals surface area contributed by atoms with Gasteiger partial charge in [-0.05, 0) is 12.1 Å². The zero-order valence-electron chi connectivity index (χ0n) is 9.09. The van der Waals surface area contributed by atoms with Gasteiger partial charge in [0.05, 0.1) is 0 Å². The first-order valence-corrected chi connectivity index (χ1v) is 4.92. The number of halogens is 1. The lowest BCUT2D eigenvalue weighted by atomic mass is 10.1. The highest BCUT2D eigenvalue weighted by atomic mass is 19.1. The lowest BCUT2D eigenvalue weighted by Crippen LogP contribution is -2.11. The summed E-state index contributed by atoms with van der Waals surface area (Å²) >= 11 is 0. The number of nitrogens with two attached hydrogens (primary N) is 2. The number of hydrogen-bond acceptors (Lipinski definition) is 5. The Morgan fingerprint density at radius 1 is 1.17 bits per heavy atom. The molecule has 0 radical (unpaired) electrons. The maximum atomic E-state index is 13.6. The van der Waals surface area contributed by atoms with Crippen molar-refractivity contribution in [3.63, 3.8) is 0 Å². The summed E-state index contributed by atoms with van der Waals surface area (Å²) in [5, 5.41) is 8.88. The zero-order valence-corrected chi connectivity index (χ0v) is 9.09. The third-order valence-electron chi connectivity index (χ3n) is 2.28. The van der Waals surface area contributed by atoms with Crippen LogP contribution >= 0.6 is 0 Å². The number of carboxylic acids is 1. The Morgan fingerprint density at radius 3 is 2.44 bits per heavy atom. The van der Waals surface area contributed by atoms with Crippen LogP contribution in [0.2, 0.25) is 0 Å². The minimum Gasteiger partial charge on any atom is -0.476 e. The zero-order chi connectivity index (χ0) is 13.3. The van der Waals surface area contributed by atoms with E-state index in [0.717, 1.165) is 0 Å². The van der Waals surface area contributed by atoms with Crippen LogP contribution in [0.1, 0.15) is 10.5 Å². The molecule has 0 fully saturated rings. The van der Waals surface area contributed by atoms with Gasteiger partial charge in [0.25, 0.3) is 0 Å². The molecule has 7 heteroatoms. The average molecular weight is 248 g/mol. The van der Waals surface area contributed by atoms with E-state index in [9.17, 15) is 9.18 Å². The summed E-state index contributed by atoms with van der Waals surface area (Å²) in [5.74, 6) is -2.35. The normalized spacial score (nSPS) is 10.3. The molecule has 0 unspecified atom stereocenters. The van der Waals surface area contributed by atoms with Crippen molar-refractivity contribution in [3.8, 4) is 11.3 Å². The van der Waals surface area contributed by atoms with Crippen molar-refractivity contribution in [1.82, 2.24) is 9.97 Å². The molecular weight excluding hydrogens is 239 g/mol. The number of aromatic carboxylic acids is 1. The van der Waals surface area contributed by atoms with E-state index in [-0.39, 0.29) is 22.9 Å². The lowest BCUT2D eigenvalue weighted by molar-refractivity contribution is 0.0691. The molecule has 1 heterocycles. The quantitative estimate of drug-likeness (QED) is 0.734. The molecule has 0 saturated carbocycles. The number of nitrogens with zero attached hydrogens (tertiary/aromatic N) is 2. The molecule has 6 nitrogen and oxygen atoms in total. The lowest BCUT2D eigenvalue weighted by Gasteiger charge is -2.08. The number of benzene rings is 1. The van der Waals surface area contributed by atoms with E-state index >= 15 is 0 Å². The van der Waals surface area contributed by atoms with E-state index in [1.54, 1.807) is 6.07 Å².